The van der Waals surface area contributed by atoms with Crippen LogP contribution in [0.15, 0.2) is 30.3 Å². The molecule has 1 fully saturated rings. The van der Waals surface area contributed by atoms with E-state index in [4.69, 9.17) is 4.74 Å². The summed E-state index contributed by atoms with van der Waals surface area (Å²) < 4.78 is 31.6. The van der Waals surface area contributed by atoms with Gasteiger partial charge in [-0.05, 0) is 26.0 Å². The molecule has 0 aliphatic carbocycles. The topological polar surface area (TPSA) is 87.7 Å². The van der Waals surface area contributed by atoms with Gasteiger partial charge in [-0.1, -0.05) is 18.2 Å². The number of carbonyl (C=O) groups is 1. The molecule has 0 spiro atoms. The standard InChI is InChI=1S/C15H23N3O4S/c1-12-10-18(11-13(2)22-12)23(20,21)9-8-16-15(19)17-14-6-4-3-5-7-14/h3-7,12-13H,8-11H2,1-2H3,(H2,16,17,19)/t12-,13-/m0/s1. The van der Waals surface area contributed by atoms with Gasteiger partial charge >= 0.3 is 6.03 Å². The molecule has 23 heavy (non-hydrogen) atoms. The zero-order valence-corrected chi connectivity index (χ0v) is 14.2. The van der Waals surface area contributed by atoms with Crippen molar-refractivity contribution < 1.29 is 17.9 Å². The first-order valence-electron chi connectivity index (χ1n) is 7.60. The van der Waals surface area contributed by atoms with Gasteiger partial charge in [0.1, 0.15) is 0 Å². The van der Waals surface area contributed by atoms with Crippen molar-refractivity contribution in [2.24, 2.45) is 0 Å². The van der Waals surface area contributed by atoms with Crippen LogP contribution >= 0.6 is 0 Å². The third kappa shape index (κ3) is 5.49. The minimum Gasteiger partial charge on any atom is -0.373 e. The summed E-state index contributed by atoms with van der Waals surface area (Å²) in [4.78, 5) is 11.7. The molecule has 2 N–H and O–H groups in total. The van der Waals surface area contributed by atoms with Crippen LogP contribution in [-0.2, 0) is 14.8 Å². The third-order valence-corrected chi connectivity index (χ3v) is 5.26. The van der Waals surface area contributed by atoms with Crippen LogP contribution in [0.4, 0.5) is 10.5 Å². The largest absolute Gasteiger partial charge is 0.373 e. The Labute approximate surface area is 137 Å². The van der Waals surface area contributed by atoms with E-state index in [1.54, 1.807) is 24.3 Å². The van der Waals surface area contributed by atoms with Crippen LogP contribution in [-0.4, -0.2) is 56.3 Å². The van der Waals surface area contributed by atoms with Crippen LogP contribution in [0.2, 0.25) is 0 Å². The van der Waals surface area contributed by atoms with Gasteiger partial charge in [-0.25, -0.2) is 13.2 Å². The molecule has 2 amide bonds. The van der Waals surface area contributed by atoms with E-state index < -0.39 is 16.1 Å². The van der Waals surface area contributed by atoms with E-state index in [0.29, 0.717) is 18.8 Å². The molecule has 128 valence electrons. The Morgan fingerprint density at radius 2 is 1.83 bits per heavy atom. The summed E-state index contributed by atoms with van der Waals surface area (Å²) in [7, 11) is -3.41. The van der Waals surface area contributed by atoms with Gasteiger partial charge in [0.05, 0.1) is 18.0 Å². The van der Waals surface area contributed by atoms with Crippen molar-refractivity contribution in [2.45, 2.75) is 26.1 Å². The highest BCUT2D eigenvalue weighted by molar-refractivity contribution is 7.89. The van der Waals surface area contributed by atoms with Gasteiger partial charge in [-0.15, -0.1) is 0 Å². The molecule has 2 rings (SSSR count). The number of benzene rings is 1. The van der Waals surface area contributed by atoms with Crippen molar-refractivity contribution in [1.82, 2.24) is 9.62 Å². The number of carbonyl (C=O) groups excluding carboxylic acids is 1. The smallest absolute Gasteiger partial charge is 0.319 e. The summed E-state index contributed by atoms with van der Waals surface area (Å²) in [6.45, 7) is 4.46. The molecule has 0 bridgehead atoms. The first-order chi connectivity index (χ1) is 10.9. The molecule has 0 aromatic heterocycles. The lowest BCUT2D eigenvalue weighted by atomic mass is 10.3. The minimum atomic E-state index is -3.41. The Kier molecular flexibility index (Phi) is 5.97. The molecule has 0 unspecified atom stereocenters. The molecule has 1 heterocycles. The second kappa shape index (κ2) is 7.76. The first-order valence-corrected chi connectivity index (χ1v) is 9.21. The highest BCUT2D eigenvalue weighted by atomic mass is 32.2. The first kappa shape index (κ1) is 17.7. The number of hydrogen-bond donors (Lipinski definition) is 2. The lowest BCUT2D eigenvalue weighted by Crippen LogP contribution is -2.49. The van der Waals surface area contributed by atoms with E-state index >= 15 is 0 Å². The highest BCUT2D eigenvalue weighted by Crippen LogP contribution is 2.14. The molecule has 0 saturated carbocycles. The summed E-state index contributed by atoms with van der Waals surface area (Å²) in [5, 5.41) is 5.20. The van der Waals surface area contributed by atoms with Gasteiger partial charge in [0.2, 0.25) is 10.0 Å². The quantitative estimate of drug-likeness (QED) is 0.844. The average Bonchev–Trinajstić information content (AvgIpc) is 2.47. The van der Waals surface area contributed by atoms with Crippen LogP contribution in [0.1, 0.15) is 13.8 Å². The fraction of sp³-hybridized carbons (Fsp3) is 0.533. The number of amides is 2. The number of urea groups is 1. The van der Waals surface area contributed by atoms with Crippen LogP contribution in [0.3, 0.4) is 0 Å². The van der Waals surface area contributed by atoms with E-state index in [9.17, 15) is 13.2 Å². The zero-order chi connectivity index (χ0) is 16.9. The number of sulfonamides is 1. The van der Waals surface area contributed by atoms with Gasteiger partial charge in [-0.2, -0.15) is 4.31 Å². The van der Waals surface area contributed by atoms with E-state index in [-0.39, 0.29) is 24.5 Å². The number of morpholine rings is 1. The maximum atomic E-state index is 12.3. The molecule has 1 saturated heterocycles. The summed E-state index contributed by atoms with van der Waals surface area (Å²) in [5.41, 5.74) is 0.656. The predicted octanol–water partition coefficient (Wildman–Crippen LogP) is 1.25. The molecule has 7 nitrogen and oxygen atoms in total. The van der Waals surface area contributed by atoms with Crippen LogP contribution < -0.4 is 10.6 Å². The molecular formula is C15H23N3O4S. The number of ether oxygens (including phenoxy) is 1. The normalized spacial score (nSPS) is 22.5. The SMILES string of the molecule is C[C@H]1CN(S(=O)(=O)CCNC(=O)Nc2ccccc2)C[C@H](C)O1. The monoisotopic (exact) mass is 341 g/mol. The van der Waals surface area contributed by atoms with Crippen molar-refractivity contribution in [3.63, 3.8) is 0 Å². The third-order valence-electron chi connectivity index (χ3n) is 3.46. The van der Waals surface area contributed by atoms with Gasteiger partial charge in [-0.3, -0.25) is 0 Å². The van der Waals surface area contributed by atoms with Crippen LogP contribution in [0.25, 0.3) is 0 Å². The van der Waals surface area contributed by atoms with Gasteiger partial charge < -0.3 is 15.4 Å². The van der Waals surface area contributed by atoms with E-state index in [0.717, 1.165) is 0 Å². The van der Waals surface area contributed by atoms with Crippen molar-refractivity contribution >= 4 is 21.7 Å². The molecule has 0 radical (unpaired) electrons. The second-order valence-electron chi connectivity index (χ2n) is 5.64. The summed E-state index contributed by atoms with van der Waals surface area (Å²) in [6, 6.07) is 8.55. The lowest BCUT2D eigenvalue weighted by molar-refractivity contribution is -0.0440. The van der Waals surface area contributed by atoms with E-state index in [2.05, 4.69) is 10.6 Å². The Hall–Kier alpha value is -1.64. The summed E-state index contributed by atoms with van der Waals surface area (Å²) in [5.74, 6) is -0.130. The maximum absolute atomic E-state index is 12.3. The molecule has 1 aromatic rings. The number of anilines is 1. The fourth-order valence-electron chi connectivity index (χ4n) is 2.48. The Balaban J connectivity index is 1.79. The average molecular weight is 341 g/mol. The minimum absolute atomic E-state index is 0.0567. The van der Waals surface area contributed by atoms with Crippen molar-refractivity contribution in [2.75, 3.05) is 30.7 Å². The number of para-hydroxylation sites is 1. The summed E-state index contributed by atoms with van der Waals surface area (Å²) >= 11 is 0. The Bertz CT molecular complexity index is 611. The van der Waals surface area contributed by atoms with E-state index in [1.807, 2.05) is 19.9 Å². The van der Waals surface area contributed by atoms with Gasteiger partial charge in [0, 0.05) is 25.3 Å². The van der Waals surface area contributed by atoms with Crippen molar-refractivity contribution in [3.8, 4) is 0 Å². The maximum Gasteiger partial charge on any atom is 0.319 e. The van der Waals surface area contributed by atoms with Crippen LogP contribution in [0, 0.1) is 0 Å². The fourth-order valence-corrected chi connectivity index (χ4v) is 3.97. The number of nitrogens with one attached hydrogen (secondary N) is 2. The molecule has 1 aliphatic rings. The zero-order valence-electron chi connectivity index (χ0n) is 13.4. The van der Waals surface area contributed by atoms with Crippen LogP contribution in [0.5, 0.6) is 0 Å². The predicted molar refractivity (Wildman–Crippen MR) is 88.8 cm³/mol. The summed E-state index contributed by atoms with van der Waals surface area (Å²) in [6.07, 6.45) is -0.245. The van der Waals surface area contributed by atoms with Gasteiger partial charge in [0.15, 0.2) is 0 Å². The molecule has 1 aliphatic heterocycles. The highest BCUT2D eigenvalue weighted by Gasteiger charge is 2.30. The number of hydrogen-bond acceptors (Lipinski definition) is 4. The second-order valence-corrected chi connectivity index (χ2v) is 7.73. The molecular weight excluding hydrogens is 318 g/mol. The lowest BCUT2D eigenvalue weighted by Gasteiger charge is -2.34. The van der Waals surface area contributed by atoms with E-state index in [1.165, 1.54) is 4.31 Å². The van der Waals surface area contributed by atoms with Gasteiger partial charge in [0.25, 0.3) is 0 Å². The van der Waals surface area contributed by atoms with Crippen molar-refractivity contribution in [3.05, 3.63) is 30.3 Å². The Morgan fingerprint density at radius 3 is 2.43 bits per heavy atom. The number of nitrogens with zero attached hydrogens (tertiary/aromatic N) is 1. The molecule has 1 aromatic carbocycles. The Morgan fingerprint density at radius 1 is 1.22 bits per heavy atom. The molecule has 8 heteroatoms. The van der Waals surface area contributed by atoms with Crippen molar-refractivity contribution in [1.29, 1.82) is 0 Å². The number of rotatable bonds is 5. The molecule has 2 atom stereocenters.